The van der Waals surface area contributed by atoms with Crippen LogP contribution < -0.4 is 11.1 Å². The minimum atomic E-state index is -0.514. The Labute approximate surface area is 115 Å². The summed E-state index contributed by atoms with van der Waals surface area (Å²) in [6.07, 6.45) is 1.18. The lowest BCUT2D eigenvalue weighted by molar-refractivity contribution is 0.0524. The van der Waals surface area contributed by atoms with Gasteiger partial charge in [0, 0.05) is 17.2 Å². The number of alkyl carbamates (subject to hydrolysis) is 1. The molecular weight excluding hydrogens is 298 g/mol. The third-order valence-electron chi connectivity index (χ3n) is 2.00. The Kier molecular flexibility index (Phi) is 5.10. The fourth-order valence-electron chi connectivity index (χ4n) is 1.27. The Bertz CT molecular complexity index is 418. The molecule has 0 aliphatic rings. The fraction of sp³-hybridized carbons (Fsp3) is 0.500. The second kappa shape index (κ2) is 6.15. The van der Waals surface area contributed by atoms with Crippen LogP contribution in [0.4, 0.5) is 4.79 Å². The van der Waals surface area contributed by atoms with E-state index in [2.05, 4.69) is 26.2 Å². The number of rotatable bonds is 3. The largest absolute Gasteiger partial charge is 0.444 e. The van der Waals surface area contributed by atoms with E-state index < -0.39 is 11.7 Å². The predicted octanol–water partition coefficient (Wildman–Crippen LogP) is 2.37. The highest BCUT2D eigenvalue weighted by atomic mass is 79.9. The lowest BCUT2D eigenvalue weighted by Gasteiger charge is -2.20. The van der Waals surface area contributed by atoms with Crippen LogP contribution in [0.5, 0.6) is 0 Å². The molecule has 100 valence electrons. The number of ether oxygens (including phenoxy) is 1. The lowest BCUT2D eigenvalue weighted by atomic mass is 10.2. The minimum Gasteiger partial charge on any atom is -0.444 e. The van der Waals surface area contributed by atoms with Crippen LogP contribution in [0.25, 0.3) is 0 Å². The zero-order valence-corrected chi connectivity index (χ0v) is 12.3. The summed E-state index contributed by atoms with van der Waals surface area (Å²) >= 11 is 3.37. The van der Waals surface area contributed by atoms with Gasteiger partial charge in [-0.1, -0.05) is 0 Å². The third-order valence-corrected chi connectivity index (χ3v) is 2.67. The Morgan fingerprint density at radius 1 is 1.61 bits per heavy atom. The number of carbonyl (C=O) groups is 1. The van der Waals surface area contributed by atoms with E-state index in [0.29, 0.717) is 5.69 Å². The molecule has 18 heavy (non-hydrogen) atoms. The van der Waals surface area contributed by atoms with E-state index in [0.717, 1.165) is 4.47 Å². The number of halogens is 1. The monoisotopic (exact) mass is 315 g/mol. The maximum atomic E-state index is 11.5. The number of nitrogens with zero attached hydrogens (tertiary/aromatic N) is 1. The molecule has 1 rings (SSSR count). The molecule has 1 amide bonds. The SMILES string of the molecule is CC(C)(C)OC(=O)NCC(N)c1ncccc1Br. The molecule has 0 aliphatic carbocycles. The second-order valence-electron chi connectivity index (χ2n) is 4.86. The average molecular weight is 316 g/mol. The number of nitrogens with one attached hydrogen (secondary N) is 1. The van der Waals surface area contributed by atoms with Crippen molar-refractivity contribution >= 4 is 22.0 Å². The van der Waals surface area contributed by atoms with Crippen LogP contribution in [0.1, 0.15) is 32.5 Å². The van der Waals surface area contributed by atoms with E-state index in [4.69, 9.17) is 10.5 Å². The second-order valence-corrected chi connectivity index (χ2v) is 5.71. The molecular formula is C12H18BrN3O2. The van der Waals surface area contributed by atoms with Gasteiger partial charge in [-0.15, -0.1) is 0 Å². The molecule has 0 saturated heterocycles. The van der Waals surface area contributed by atoms with Crippen LogP contribution in [0.2, 0.25) is 0 Å². The number of hydrogen-bond acceptors (Lipinski definition) is 4. The maximum absolute atomic E-state index is 11.5. The van der Waals surface area contributed by atoms with Gasteiger partial charge in [0.2, 0.25) is 0 Å². The first-order chi connectivity index (χ1) is 8.29. The van der Waals surface area contributed by atoms with Crippen LogP contribution in [-0.4, -0.2) is 23.2 Å². The minimum absolute atomic E-state index is 0.268. The number of nitrogens with two attached hydrogens (primary N) is 1. The Balaban J connectivity index is 2.49. The summed E-state index contributed by atoms with van der Waals surface area (Å²) < 4.78 is 5.94. The van der Waals surface area contributed by atoms with Crippen molar-refractivity contribution in [1.29, 1.82) is 0 Å². The predicted molar refractivity (Wildman–Crippen MR) is 73.1 cm³/mol. The number of hydrogen-bond donors (Lipinski definition) is 2. The zero-order chi connectivity index (χ0) is 13.8. The van der Waals surface area contributed by atoms with E-state index in [1.807, 2.05) is 32.9 Å². The highest BCUT2D eigenvalue weighted by Gasteiger charge is 2.17. The molecule has 0 saturated carbocycles. The third kappa shape index (κ3) is 5.01. The van der Waals surface area contributed by atoms with Crippen molar-refractivity contribution in [1.82, 2.24) is 10.3 Å². The molecule has 3 N–H and O–H groups in total. The van der Waals surface area contributed by atoms with Crippen LogP contribution in [0.3, 0.4) is 0 Å². The van der Waals surface area contributed by atoms with E-state index in [9.17, 15) is 4.79 Å². The van der Waals surface area contributed by atoms with Crippen molar-refractivity contribution in [2.24, 2.45) is 5.73 Å². The molecule has 5 nitrogen and oxygen atoms in total. The first-order valence-electron chi connectivity index (χ1n) is 5.62. The van der Waals surface area contributed by atoms with Crippen molar-refractivity contribution < 1.29 is 9.53 Å². The van der Waals surface area contributed by atoms with Gasteiger partial charge in [0.25, 0.3) is 0 Å². The Hall–Kier alpha value is -1.14. The molecule has 1 aromatic rings. The molecule has 1 atom stereocenters. The van der Waals surface area contributed by atoms with Gasteiger partial charge in [-0.3, -0.25) is 4.98 Å². The highest BCUT2D eigenvalue weighted by Crippen LogP contribution is 2.18. The fourth-order valence-corrected chi connectivity index (χ4v) is 1.82. The normalized spacial score (nSPS) is 12.9. The van der Waals surface area contributed by atoms with Gasteiger partial charge in [-0.05, 0) is 48.8 Å². The summed E-state index contributed by atoms with van der Waals surface area (Å²) in [5, 5.41) is 2.62. The van der Waals surface area contributed by atoms with Crippen molar-refractivity contribution in [2.45, 2.75) is 32.4 Å². The van der Waals surface area contributed by atoms with Crippen molar-refractivity contribution in [3.8, 4) is 0 Å². The van der Waals surface area contributed by atoms with Crippen molar-refractivity contribution in [2.75, 3.05) is 6.54 Å². The summed E-state index contributed by atoms with van der Waals surface area (Å²) in [5.74, 6) is 0. The van der Waals surface area contributed by atoms with Gasteiger partial charge in [-0.2, -0.15) is 0 Å². The summed E-state index contributed by atoms with van der Waals surface area (Å²) in [4.78, 5) is 15.6. The number of amides is 1. The molecule has 6 heteroatoms. The van der Waals surface area contributed by atoms with Crippen LogP contribution in [0, 0.1) is 0 Å². The molecule has 0 spiro atoms. The van der Waals surface area contributed by atoms with Crippen LogP contribution in [-0.2, 0) is 4.74 Å². The Morgan fingerprint density at radius 2 is 2.28 bits per heavy atom. The van der Waals surface area contributed by atoms with Crippen LogP contribution >= 0.6 is 15.9 Å². The summed E-state index contributed by atoms with van der Waals surface area (Å²) in [6.45, 7) is 5.69. The molecule has 0 bridgehead atoms. The van der Waals surface area contributed by atoms with Crippen LogP contribution in [0.15, 0.2) is 22.8 Å². The first kappa shape index (κ1) is 14.9. The summed E-state index contributed by atoms with van der Waals surface area (Å²) in [6, 6.07) is 3.28. The van der Waals surface area contributed by atoms with Gasteiger partial charge in [0.05, 0.1) is 11.7 Å². The summed E-state index contributed by atoms with van der Waals surface area (Å²) in [5.41, 5.74) is 6.13. The molecule has 0 aromatic carbocycles. The van der Waals surface area contributed by atoms with Gasteiger partial charge in [-0.25, -0.2) is 4.79 Å². The zero-order valence-electron chi connectivity index (χ0n) is 10.7. The van der Waals surface area contributed by atoms with Crippen molar-refractivity contribution in [3.05, 3.63) is 28.5 Å². The van der Waals surface area contributed by atoms with Gasteiger partial charge in [0.1, 0.15) is 5.60 Å². The molecule has 1 unspecified atom stereocenters. The van der Waals surface area contributed by atoms with Gasteiger partial charge in [0.15, 0.2) is 0 Å². The lowest BCUT2D eigenvalue weighted by Crippen LogP contribution is -2.36. The highest BCUT2D eigenvalue weighted by molar-refractivity contribution is 9.10. The quantitative estimate of drug-likeness (QED) is 0.897. The standard InChI is InChI=1S/C12H18BrN3O2/c1-12(2,3)18-11(17)16-7-9(14)10-8(13)5-4-6-15-10/h4-6,9H,7,14H2,1-3H3,(H,16,17). The van der Waals surface area contributed by atoms with E-state index in [1.54, 1.807) is 6.20 Å². The molecule has 1 heterocycles. The molecule has 0 radical (unpaired) electrons. The van der Waals surface area contributed by atoms with Gasteiger partial charge < -0.3 is 15.8 Å². The van der Waals surface area contributed by atoms with E-state index in [1.165, 1.54) is 0 Å². The molecule has 1 aromatic heterocycles. The summed E-state index contributed by atoms with van der Waals surface area (Å²) in [7, 11) is 0. The van der Waals surface area contributed by atoms with Crippen molar-refractivity contribution in [3.63, 3.8) is 0 Å². The molecule has 0 fully saturated rings. The number of aromatic nitrogens is 1. The average Bonchev–Trinajstić information content (AvgIpc) is 2.24. The van der Waals surface area contributed by atoms with E-state index >= 15 is 0 Å². The first-order valence-corrected chi connectivity index (χ1v) is 6.42. The number of carbonyl (C=O) groups excluding carboxylic acids is 1. The topological polar surface area (TPSA) is 77.2 Å². The maximum Gasteiger partial charge on any atom is 0.407 e. The number of pyridine rings is 1. The van der Waals surface area contributed by atoms with E-state index in [-0.39, 0.29) is 12.6 Å². The smallest absolute Gasteiger partial charge is 0.407 e. The molecule has 0 aliphatic heterocycles. The Morgan fingerprint density at radius 3 is 2.83 bits per heavy atom. The van der Waals surface area contributed by atoms with Gasteiger partial charge >= 0.3 is 6.09 Å².